The Hall–Kier alpha value is -3.02. The number of benzene rings is 2. The van der Waals surface area contributed by atoms with Crippen molar-refractivity contribution in [2.24, 2.45) is 5.92 Å². The maximum atomic E-state index is 12.7. The van der Waals surface area contributed by atoms with Crippen molar-refractivity contribution in [1.29, 1.82) is 0 Å². The highest BCUT2D eigenvalue weighted by atomic mass is 16.5. The predicted octanol–water partition coefficient (Wildman–Crippen LogP) is 3.10. The number of carbonyl (C=O) groups is 1. The highest BCUT2D eigenvalue weighted by Gasteiger charge is 2.27. The van der Waals surface area contributed by atoms with Gasteiger partial charge in [-0.1, -0.05) is 24.3 Å². The van der Waals surface area contributed by atoms with Gasteiger partial charge in [0, 0.05) is 19.6 Å². The van der Waals surface area contributed by atoms with E-state index in [4.69, 9.17) is 4.74 Å². The average Bonchev–Trinajstić information content (AvgIpc) is 3.17. The number of aromatic amines is 1. The van der Waals surface area contributed by atoms with Crippen molar-refractivity contribution in [3.05, 3.63) is 54.1 Å². The Morgan fingerprint density at radius 2 is 2.07 bits per heavy atom. The Morgan fingerprint density at radius 1 is 1.26 bits per heavy atom. The summed E-state index contributed by atoms with van der Waals surface area (Å²) in [6, 6.07) is 15.8. The molecule has 6 nitrogen and oxygen atoms in total. The van der Waals surface area contributed by atoms with E-state index in [1.165, 1.54) is 0 Å². The number of imidazole rings is 1. The van der Waals surface area contributed by atoms with Crippen molar-refractivity contribution in [3.63, 3.8) is 0 Å². The van der Waals surface area contributed by atoms with Gasteiger partial charge in [0.2, 0.25) is 11.9 Å². The fourth-order valence-electron chi connectivity index (χ4n) is 3.55. The second-order valence-corrected chi connectivity index (χ2v) is 6.93. The molecule has 0 bridgehead atoms. The molecule has 0 spiro atoms. The lowest BCUT2D eigenvalue weighted by Crippen LogP contribution is -2.43. The van der Waals surface area contributed by atoms with Gasteiger partial charge in [-0.15, -0.1) is 0 Å². The van der Waals surface area contributed by atoms with Crippen LogP contribution in [-0.4, -0.2) is 36.1 Å². The number of nitrogens with zero attached hydrogens (tertiary/aromatic N) is 2. The maximum absolute atomic E-state index is 12.7. The van der Waals surface area contributed by atoms with Gasteiger partial charge in [0.1, 0.15) is 5.75 Å². The Morgan fingerprint density at radius 3 is 2.85 bits per heavy atom. The molecule has 0 saturated carbocycles. The summed E-state index contributed by atoms with van der Waals surface area (Å²) in [5.74, 6) is 1.75. The Balaban J connectivity index is 1.37. The van der Waals surface area contributed by atoms with Crippen molar-refractivity contribution in [3.8, 4) is 5.75 Å². The van der Waals surface area contributed by atoms with Crippen LogP contribution in [0.25, 0.3) is 11.0 Å². The molecule has 4 rings (SSSR count). The lowest BCUT2D eigenvalue weighted by Gasteiger charge is -2.31. The van der Waals surface area contributed by atoms with Crippen LogP contribution in [0.4, 0.5) is 5.95 Å². The van der Waals surface area contributed by atoms with Crippen LogP contribution < -0.4 is 15.0 Å². The van der Waals surface area contributed by atoms with Crippen molar-refractivity contribution in [2.45, 2.75) is 19.4 Å². The lowest BCUT2D eigenvalue weighted by atomic mass is 9.97. The number of hydrogen-bond acceptors (Lipinski definition) is 4. The van der Waals surface area contributed by atoms with Crippen LogP contribution >= 0.6 is 0 Å². The number of para-hydroxylation sites is 2. The molecule has 3 aromatic rings. The Labute approximate surface area is 158 Å². The van der Waals surface area contributed by atoms with Crippen LogP contribution in [0.2, 0.25) is 0 Å². The minimum absolute atomic E-state index is 0.0230. The van der Waals surface area contributed by atoms with Gasteiger partial charge in [-0.05, 0) is 42.7 Å². The van der Waals surface area contributed by atoms with Crippen molar-refractivity contribution in [1.82, 2.24) is 15.3 Å². The van der Waals surface area contributed by atoms with E-state index in [1.807, 2.05) is 48.5 Å². The Kier molecular flexibility index (Phi) is 4.96. The zero-order valence-corrected chi connectivity index (χ0v) is 15.4. The molecule has 0 unspecified atom stereocenters. The molecule has 2 heterocycles. The summed E-state index contributed by atoms with van der Waals surface area (Å²) < 4.78 is 5.16. The topological polar surface area (TPSA) is 70.2 Å². The predicted molar refractivity (Wildman–Crippen MR) is 106 cm³/mol. The number of ether oxygens (including phenoxy) is 1. The van der Waals surface area contributed by atoms with Crippen LogP contribution in [0.15, 0.2) is 48.5 Å². The van der Waals surface area contributed by atoms with Crippen molar-refractivity contribution in [2.75, 3.05) is 25.1 Å². The molecule has 1 amide bonds. The maximum Gasteiger partial charge on any atom is 0.225 e. The molecule has 27 heavy (non-hydrogen) atoms. The van der Waals surface area contributed by atoms with Crippen molar-refractivity contribution < 1.29 is 9.53 Å². The molecule has 2 aromatic carbocycles. The number of hydrogen-bond donors (Lipinski definition) is 2. The number of piperidine rings is 1. The summed E-state index contributed by atoms with van der Waals surface area (Å²) in [7, 11) is 1.65. The molecule has 0 aliphatic carbocycles. The zero-order chi connectivity index (χ0) is 18.6. The molecule has 140 valence electrons. The number of methoxy groups -OCH3 is 1. The van der Waals surface area contributed by atoms with E-state index < -0.39 is 0 Å². The van der Waals surface area contributed by atoms with Gasteiger partial charge in [-0.2, -0.15) is 0 Å². The zero-order valence-electron chi connectivity index (χ0n) is 15.4. The van der Waals surface area contributed by atoms with Gasteiger partial charge >= 0.3 is 0 Å². The number of fused-ring (bicyclic) bond motifs is 1. The summed E-state index contributed by atoms with van der Waals surface area (Å²) in [5.41, 5.74) is 3.05. The molecule has 1 aliphatic heterocycles. The van der Waals surface area contributed by atoms with Crippen LogP contribution in [0, 0.1) is 5.92 Å². The molecular weight excluding hydrogens is 340 g/mol. The third-order valence-electron chi connectivity index (χ3n) is 5.09. The highest BCUT2D eigenvalue weighted by molar-refractivity contribution is 5.80. The molecule has 2 N–H and O–H groups in total. The first kappa shape index (κ1) is 17.4. The first-order valence-corrected chi connectivity index (χ1v) is 9.33. The minimum atomic E-state index is -0.0230. The minimum Gasteiger partial charge on any atom is -0.497 e. The number of aromatic nitrogens is 2. The summed E-state index contributed by atoms with van der Waals surface area (Å²) in [6.07, 6.45) is 1.89. The number of rotatable bonds is 5. The van der Waals surface area contributed by atoms with E-state index in [-0.39, 0.29) is 11.8 Å². The molecule has 1 aromatic heterocycles. The number of carbonyl (C=O) groups excluding carboxylic acids is 1. The fraction of sp³-hybridized carbons (Fsp3) is 0.333. The first-order valence-electron chi connectivity index (χ1n) is 9.33. The summed E-state index contributed by atoms with van der Waals surface area (Å²) in [6.45, 7) is 2.14. The third-order valence-corrected chi connectivity index (χ3v) is 5.09. The van der Waals surface area contributed by atoms with Gasteiger partial charge < -0.3 is 19.9 Å². The fourth-order valence-corrected chi connectivity index (χ4v) is 3.55. The van der Waals surface area contributed by atoms with E-state index in [0.29, 0.717) is 13.1 Å². The molecule has 0 radical (unpaired) electrons. The standard InChI is InChI=1S/C21H24N4O2/c1-27-17-10-8-15(9-11-17)13-22-20(26)16-5-4-12-25(14-16)21-23-18-6-2-3-7-19(18)24-21/h2-3,6-11,16H,4-5,12-14H2,1H3,(H,22,26)(H,23,24)/t16-/m0/s1. The van der Waals surface area contributed by atoms with Crippen LogP contribution in [0.3, 0.4) is 0 Å². The number of nitrogens with one attached hydrogen (secondary N) is 2. The van der Waals surface area contributed by atoms with Gasteiger partial charge in [0.25, 0.3) is 0 Å². The average molecular weight is 364 g/mol. The van der Waals surface area contributed by atoms with Crippen LogP contribution in [0.1, 0.15) is 18.4 Å². The molecule has 1 fully saturated rings. The first-order chi connectivity index (χ1) is 13.2. The van der Waals surface area contributed by atoms with E-state index in [2.05, 4.69) is 20.2 Å². The second-order valence-electron chi connectivity index (χ2n) is 6.93. The molecule has 1 saturated heterocycles. The number of anilines is 1. The monoisotopic (exact) mass is 364 g/mol. The Bertz CT molecular complexity index is 886. The van der Waals surface area contributed by atoms with Gasteiger partial charge in [-0.3, -0.25) is 4.79 Å². The van der Waals surface area contributed by atoms with Crippen LogP contribution in [0.5, 0.6) is 5.75 Å². The normalized spacial score (nSPS) is 17.1. The SMILES string of the molecule is COc1ccc(CNC(=O)[C@H]2CCCN(c3nc4ccccc4[nH]3)C2)cc1. The second kappa shape index (κ2) is 7.70. The van der Waals surface area contributed by atoms with Crippen LogP contribution in [-0.2, 0) is 11.3 Å². The quantitative estimate of drug-likeness (QED) is 0.730. The lowest BCUT2D eigenvalue weighted by molar-refractivity contribution is -0.125. The molecule has 6 heteroatoms. The molecule has 1 aliphatic rings. The molecular formula is C21H24N4O2. The van der Waals surface area contributed by atoms with E-state index in [9.17, 15) is 4.79 Å². The summed E-state index contributed by atoms with van der Waals surface area (Å²) in [4.78, 5) is 22.9. The smallest absolute Gasteiger partial charge is 0.225 e. The van der Waals surface area contributed by atoms with E-state index in [1.54, 1.807) is 7.11 Å². The van der Waals surface area contributed by atoms with E-state index >= 15 is 0 Å². The largest absolute Gasteiger partial charge is 0.497 e. The third kappa shape index (κ3) is 3.89. The number of amides is 1. The highest BCUT2D eigenvalue weighted by Crippen LogP contribution is 2.23. The number of H-pyrrole nitrogens is 1. The van der Waals surface area contributed by atoms with Gasteiger partial charge in [-0.25, -0.2) is 4.98 Å². The summed E-state index contributed by atoms with van der Waals surface area (Å²) in [5, 5.41) is 3.07. The molecule has 1 atom stereocenters. The van der Waals surface area contributed by atoms with Gasteiger partial charge in [0.05, 0.1) is 24.1 Å². The van der Waals surface area contributed by atoms with Crippen molar-refractivity contribution >= 4 is 22.9 Å². The summed E-state index contributed by atoms with van der Waals surface area (Å²) >= 11 is 0. The van der Waals surface area contributed by atoms with Gasteiger partial charge in [0.15, 0.2) is 0 Å². The van der Waals surface area contributed by atoms with E-state index in [0.717, 1.165) is 47.7 Å².